The third kappa shape index (κ3) is 2.13. The number of hydrogen-bond donors (Lipinski definition) is 1. The number of halogens is 1. The Bertz CT molecular complexity index is 698. The first-order chi connectivity index (χ1) is 8.83. The molecule has 3 nitrogen and oxygen atoms in total. The van der Waals surface area contributed by atoms with Gasteiger partial charge in [-0.15, -0.1) is 5.11 Å². The summed E-state index contributed by atoms with van der Waals surface area (Å²) >= 11 is 5.81. The Kier molecular flexibility index (Phi) is 2.82. The SMILES string of the molecule is Clc1ccc(/N=N/c2c[nH]c3ccccc23)cc1. The first-order valence-electron chi connectivity index (χ1n) is 5.56. The Balaban J connectivity index is 1.94. The molecular formula is C14H10ClN3. The molecule has 0 aliphatic carbocycles. The van der Waals surface area contributed by atoms with Crippen molar-refractivity contribution in [1.29, 1.82) is 0 Å². The Morgan fingerprint density at radius 1 is 0.889 bits per heavy atom. The predicted octanol–water partition coefficient (Wildman–Crippen LogP) is 5.24. The van der Waals surface area contributed by atoms with E-state index >= 15 is 0 Å². The van der Waals surface area contributed by atoms with Gasteiger partial charge in [-0.3, -0.25) is 0 Å². The quantitative estimate of drug-likeness (QED) is 0.609. The van der Waals surface area contributed by atoms with Crippen LogP contribution in [0.4, 0.5) is 11.4 Å². The van der Waals surface area contributed by atoms with Crippen LogP contribution in [0.3, 0.4) is 0 Å². The Labute approximate surface area is 109 Å². The second kappa shape index (κ2) is 4.63. The summed E-state index contributed by atoms with van der Waals surface area (Å²) in [5.74, 6) is 0. The molecule has 1 N–H and O–H groups in total. The summed E-state index contributed by atoms with van der Waals surface area (Å²) < 4.78 is 0. The molecular weight excluding hydrogens is 246 g/mol. The van der Waals surface area contributed by atoms with E-state index in [1.54, 1.807) is 12.1 Å². The second-order valence-electron chi connectivity index (χ2n) is 3.90. The first-order valence-corrected chi connectivity index (χ1v) is 5.94. The van der Waals surface area contributed by atoms with Gasteiger partial charge in [-0.2, -0.15) is 5.11 Å². The number of hydrogen-bond acceptors (Lipinski definition) is 2. The summed E-state index contributed by atoms with van der Waals surface area (Å²) in [6, 6.07) is 15.3. The molecule has 0 aliphatic rings. The summed E-state index contributed by atoms with van der Waals surface area (Å²) in [6.07, 6.45) is 1.85. The maximum atomic E-state index is 5.81. The largest absolute Gasteiger partial charge is 0.359 e. The van der Waals surface area contributed by atoms with Crippen LogP contribution in [0.1, 0.15) is 0 Å². The molecule has 0 spiro atoms. The van der Waals surface area contributed by atoms with E-state index in [4.69, 9.17) is 11.6 Å². The van der Waals surface area contributed by atoms with E-state index in [0.717, 1.165) is 22.3 Å². The van der Waals surface area contributed by atoms with Gasteiger partial charge in [0.15, 0.2) is 0 Å². The maximum Gasteiger partial charge on any atom is 0.111 e. The fourth-order valence-electron chi connectivity index (χ4n) is 1.76. The van der Waals surface area contributed by atoms with E-state index in [0.29, 0.717) is 5.02 Å². The van der Waals surface area contributed by atoms with Gasteiger partial charge in [0.2, 0.25) is 0 Å². The highest BCUT2D eigenvalue weighted by Gasteiger charge is 2.00. The minimum atomic E-state index is 0.695. The van der Waals surface area contributed by atoms with Crippen LogP contribution in [0, 0.1) is 0 Å². The lowest BCUT2D eigenvalue weighted by molar-refractivity contribution is 1.24. The summed E-state index contributed by atoms with van der Waals surface area (Å²) in [6.45, 7) is 0. The Morgan fingerprint density at radius 2 is 1.67 bits per heavy atom. The van der Waals surface area contributed by atoms with Crippen molar-refractivity contribution in [1.82, 2.24) is 4.98 Å². The van der Waals surface area contributed by atoms with Crippen molar-refractivity contribution >= 4 is 33.9 Å². The summed E-state index contributed by atoms with van der Waals surface area (Å²) in [5, 5.41) is 10.2. The van der Waals surface area contributed by atoms with Gasteiger partial charge in [-0.1, -0.05) is 29.8 Å². The number of azo groups is 1. The van der Waals surface area contributed by atoms with Gasteiger partial charge < -0.3 is 4.98 Å². The van der Waals surface area contributed by atoms with E-state index in [1.807, 2.05) is 42.6 Å². The third-order valence-electron chi connectivity index (χ3n) is 2.67. The Hall–Kier alpha value is -2.13. The van der Waals surface area contributed by atoms with Crippen molar-refractivity contribution in [2.45, 2.75) is 0 Å². The fourth-order valence-corrected chi connectivity index (χ4v) is 1.88. The normalized spacial score (nSPS) is 11.4. The number of H-pyrrole nitrogens is 1. The van der Waals surface area contributed by atoms with Crippen molar-refractivity contribution < 1.29 is 0 Å². The smallest absolute Gasteiger partial charge is 0.111 e. The summed E-state index contributed by atoms with van der Waals surface area (Å²) in [7, 11) is 0. The average molecular weight is 256 g/mol. The van der Waals surface area contributed by atoms with Crippen LogP contribution in [0.2, 0.25) is 5.02 Å². The molecule has 18 heavy (non-hydrogen) atoms. The van der Waals surface area contributed by atoms with Crippen LogP contribution in [0.25, 0.3) is 10.9 Å². The molecule has 3 aromatic rings. The van der Waals surface area contributed by atoms with Crippen molar-refractivity contribution in [2.24, 2.45) is 10.2 Å². The lowest BCUT2D eigenvalue weighted by Gasteiger charge is -1.92. The van der Waals surface area contributed by atoms with Gasteiger partial charge in [0, 0.05) is 22.1 Å². The maximum absolute atomic E-state index is 5.81. The standard InChI is InChI=1S/C14H10ClN3/c15-10-5-7-11(8-6-10)17-18-14-9-16-13-4-2-1-3-12(13)14/h1-9,16H/b18-17+. The van der Waals surface area contributed by atoms with E-state index in [9.17, 15) is 0 Å². The van der Waals surface area contributed by atoms with E-state index in [1.165, 1.54) is 0 Å². The zero-order valence-electron chi connectivity index (χ0n) is 9.47. The average Bonchev–Trinajstić information content (AvgIpc) is 2.82. The lowest BCUT2D eigenvalue weighted by Crippen LogP contribution is -1.65. The van der Waals surface area contributed by atoms with Crippen molar-refractivity contribution in [3.63, 3.8) is 0 Å². The van der Waals surface area contributed by atoms with Crippen molar-refractivity contribution in [3.05, 3.63) is 59.8 Å². The predicted molar refractivity (Wildman–Crippen MR) is 73.9 cm³/mol. The molecule has 1 heterocycles. The minimum Gasteiger partial charge on any atom is -0.359 e. The molecule has 1 aromatic heterocycles. The highest BCUT2D eigenvalue weighted by atomic mass is 35.5. The second-order valence-corrected chi connectivity index (χ2v) is 4.33. The van der Waals surface area contributed by atoms with Crippen LogP contribution in [-0.4, -0.2) is 4.98 Å². The van der Waals surface area contributed by atoms with Gasteiger partial charge >= 0.3 is 0 Å². The van der Waals surface area contributed by atoms with Gasteiger partial charge in [-0.25, -0.2) is 0 Å². The van der Waals surface area contributed by atoms with Crippen LogP contribution in [0.15, 0.2) is 65.0 Å². The number of rotatable bonds is 2. The number of benzene rings is 2. The highest BCUT2D eigenvalue weighted by molar-refractivity contribution is 6.30. The Morgan fingerprint density at radius 3 is 2.50 bits per heavy atom. The number of nitrogens with zero attached hydrogens (tertiary/aromatic N) is 2. The van der Waals surface area contributed by atoms with Gasteiger partial charge in [0.1, 0.15) is 5.69 Å². The molecule has 88 valence electrons. The molecule has 4 heteroatoms. The first kappa shape index (κ1) is 11.0. The molecule has 0 saturated heterocycles. The monoisotopic (exact) mass is 255 g/mol. The van der Waals surface area contributed by atoms with E-state index in [2.05, 4.69) is 15.2 Å². The zero-order chi connectivity index (χ0) is 12.4. The molecule has 2 aromatic carbocycles. The van der Waals surface area contributed by atoms with Crippen molar-refractivity contribution in [2.75, 3.05) is 0 Å². The van der Waals surface area contributed by atoms with Crippen LogP contribution in [0.5, 0.6) is 0 Å². The number of para-hydroxylation sites is 1. The van der Waals surface area contributed by atoms with Crippen LogP contribution >= 0.6 is 11.6 Å². The topological polar surface area (TPSA) is 40.5 Å². The number of aromatic amines is 1. The van der Waals surface area contributed by atoms with E-state index < -0.39 is 0 Å². The number of aromatic nitrogens is 1. The lowest BCUT2D eigenvalue weighted by atomic mass is 10.2. The fraction of sp³-hybridized carbons (Fsp3) is 0. The minimum absolute atomic E-state index is 0.695. The van der Waals surface area contributed by atoms with E-state index in [-0.39, 0.29) is 0 Å². The van der Waals surface area contributed by atoms with Gasteiger partial charge in [0.05, 0.1) is 5.69 Å². The van der Waals surface area contributed by atoms with Crippen LogP contribution in [-0.2, 0) is 0 Å². The third-order valence-corrected chi connectivity index (χ3v) is 2.92. The molecule has 0 amide bonds. The van der Waals surface area contributed by atoms with Crippen molar-refractivity contribution in [3.8, 4) is 0 Å². The number of fused-ring (bicyclic) bond motifs is 1. The molecule has 0 bridgehead atoms. The molecule has 0 unspecified atom stereocenters. The van der Waals surface area contributed by atoms with Crippen LogP contribution < -0.4 is 0 Å². The molecule has 0 saturated carbocycles. The molecule has 0 atom stereocenters. The molecule has 0 radical (unpaired) electrons. The summed E-state index contributed by atoms with van der Waals surface area (Å²) in [5.41, 5.74) is 2.67. The van der Waals surface area contributed by atoms with Gasteiger partial charge in [0.25, 0.3) is 0 Å². The molecule has 3 rings (SSSR count). The molecule has 0 aliphatic heterocycles. The highest BCUT2D eigenvalue weighted by Crippen LogP contribution is 2.27. The molecule has 0 fully saturated rings. The zero-order valence-corrected chi connectivity index (χ0v) is 10.2. The van der Waals surface area contributed by atoms with Gasteiger partial charge in [-0.05, 0) is 30.3 Å². The summed E-state index contributed by atoms with van der Waals surface area (Å²) in [4.78, 5) is 3.16. The number of nitrogens with one attached hydrogen (secondary N) is 1.